The van der Waals surface area contributed by atoms with E-state index < -0.39 is 0 Å². The molecule has 0 bridgehead atoms. The standard InChI is InChI=1S/C22H18N2O2S/c25-22(24-12-4-8-19(24)20-9-5-13-27-20)16-10-11-18-17(14-16)21(26-23-18)15-6-2-1-3-7-15/h1-3,5-7,9-11,13-14,19H,4,8,12H2. The molecule has 134 valence electrons. The van der Waals surface area contributed by atoms with Crippen LogP contribution in [0.15, 0.2) is 70.6 Å². The van der Waals surface area contributed by atoms with Gasteiger partial charge in [-0.2, -0.15) is 0 Å². The SMILES string of the molecule is O=C(c1ccc2noc(-c3ccccc3)c2c1)N1CCCC1c1cccs1. The number of hydrogen-bond acceptors (Lipinski definition) is 4. The van der Waals surface area contributed by atoms with Gasteiger partial charge in [0.15, 0.2) is 5.76 Å². The normalized spacial score (nSPS) is 16.9. The molecule has 1 amide bonds. The van der Waals surface area contributed by atoms with Crippen LogP contribution in [0.3, 0.4) is 0 Å². The Balaban J connectivity index is 1.52. The van der Waals surface area contributed by atoms with Gasteiger partial charge < -0.3 is 9.42 Å². The highest BCUT2D eigenvalue weighted by atomic mass is 32.1. The molecular weight excluding hydrogens is 356 g/mol. The van der Waals surface area contributed by atoms with Crippen LogP contribution < -0.4 is 0 Å². The fourth-order valence-electron chi connectivity index (χ4n) is 3.82. The smallest absolute Gasteiger partial charge is 0.254 e. The summed E-state index contributed by atoms with van der Waals surface area (Å²) < 4.78 is 5.57. The lowest BCUT2D eigenvalue weighted by molar-refractivity contribution is 0.0738. The third-order valence-electron chi connectivity index (χ3n) is 5.14. The first-order chi connectivity index (χ1) is 13.3. The first-order valence-electron chi connectivity index (χ1n) is 9.10. The molecule has 1 fully saturated rings. The second-order valence-corrected chi connectivity index (χ2v) is 7.76. The summed E-state index contributed by atoms with van der Waals surface area (Å²) in [6, 6.07) is 19.9. The third kappa shape index (κ3) is 2.84. The van der Waals surface area contributed by atoms with Gasteiger partial charge in [-0.3, -0.25) is 4.79 Å². The fourth-order valence-corrected chi connectivity index (χ4v) is 4.70. The summed E-state index contributed by atoms with van der Waals surface area (Å²) in [5.41, 5.74) is 2.41. The Bertz CT molecular complexity index is 1090. The molecule has 1 unspecified atom stereocenters. The van der Waals surface area contributed by atoms with E-state index >= 15 is 0 Å². The topological polar surface area (TPSA) is 46.3 Å². The summed E-state index contributed by atoms with van der Waals surface area (Å²) in [7, 11) is 0. The van der Waals surface area contributed by atoms with Crippen molar-refractivity contribution in [1.82, 2.24) is 10.1 Å². The number of carbonyl (C=O) groups is 1. The number of hydrogen-bond donors (Lipinski definition) is 0. The zero-order valence-corrected chi connectivity index (χ0v) is 15.5. The number of amides is 1. The maximum Gasteiger partial charge on any atom is 0.254 e. The predicted molar refractivity (Wildman–Crippen MR) is 107 cm³/mol. The van der Waals surface area contributed by atoms with Crippen molar-refractivity contribution in [2.75, 3.05) is 6.54 Å². The summed E-state index contributed by atoms with van der Waals surface area (Å²) >= 11 is 1.72. The van der Waals surface area contributed by atoms with E-state index in [-0.39, 0.29) is 11.9 Å². The zero-order valence-electron chi connectivity index (χ0n) is 14.7. The molecule has 2 aromatic heterocycles. The highest BCUT2D eigenvalue weighted by molar-refractivity contribution is 7.10. The van der Waals surface area contributed by atoms with Crippen molar-refractivity contribution in [2.45, 2.75) is 18.9 Å². The first-order valence-corrected chi connectivity index (χ1v) is 9.98. The van der Waals surface area contributed by atoms with Crippen molar-refractivity contribution < 1.29 is 9.32 Å². The van der Waals surface area contributed by atoms with Gasteiger partial charge in [0.2, 0.25) is 0 Å². The van der Waals surface area contributed by atoms with Crippen LogP contribution >= 0.6 is 11.3 Å². The Morgan fingerprint density at radius 1 is 1.11 bits per heavy atom. The lowest BCUT2D eigenvalue weighted by Crippen LogP contribution is -2.30. The Labute approximate surface area is 161 Å². The Morgan fingerprint density at radius 3 is 2.81 bits per heavy atom. The summed E-state index contributed by atoms with van der Waals surface area (Å²) in [6.45, 7) is 0.800. The van der Waals surface area contributed by atoms with E-state index in [0.29, 0.717) is 11.3 Å². The molecule has 27 heavy (non-hydrogen) atoms. The highest BCUT2D eigenvalue weighted by Gasteiger charge is 2.31. The van der Waals surface area contributed by atoms with E-state index in [0.717, 1.165) is 35.9 Å². The van der Waals surface area contributed by atoms with Crippen LogP contribution in [0, 0.1) is 0 Å². The maximum atomic E-state index is 13.2. The van der Waals surface area contributed by atoms with E-state index in [1.54, 1.807) is 11.3 Å². The van der Waals surface area contributed by atoms with Gasteiger partial charge in [0.05, 0.1) is 11.4 Å². The molecule has 5 heteroatoms. The minimum absolute atomic E-state index is 0.0769. The van der Waals surface area contributed by atoms with Crippen LogP contribution in [0.25, 0.3) is 22.2 Å². The lowest BCUT2D eigenvalue weighted by Gasteiger charge is -2.24. The monoisotopic (exact) mass is 374 g/mol. The van der Waals surface area contributed by atoms with Crippen LogP contribution in [0.1, 0.15) is 34.1 Å². The summed E-state index contributed by atoms with van der Waals surface area (Å²) in [4.78, 5) is 16.5. The molecule has 4 aromatic rings. The molecule has 0 N–H and O–H groups in total. The van der Waals surface area contributed by atoms with E-state index in [1.807, 2.05) is 53.4 Å². The van der Waals surface area contributed by atoms with E-state index in [2.05, 4.69) is 22.7 Å². The molecule has 1 aliphatic heterocycles. The lowest BCUT2D eigenvalue weighted by atomic mass is 10.1. The Morgan fingerprint density at radius 2 is 2.00 bits per heavy atom. The van der Waals surface area contributed by atoms with Crippen molar-refractivity contribution in [3.05, 3.63) is 76.5 Å². The molecule has 5 rings (SSSR count). The van der Waals surface area contributed by atoms with Crippen molar-refractivity contribution in [2.24, 2.45) is 0 Å². The van der Waals surface area contributed by atoms with Gasteiger partial charge in [0, 0.05) is 22.5 Å². The molecule has 1 atom stereocenters. The number of benzene rings is 2. The van der Waals surface area contributed by atoms with Crippen LogP contribution in [-0.4, -0.2) is 22.5 Å². The van der Waals surface area contributed by atoms with Crippen molar-refractivity contribution in [1.29, 1.82) is 0 Å². The zero-order chi connectivity index (χ0) is 18.2. The van der Waals surface area contributed by atoms with E-state index in [1.165, 1.54) is 4.88 Å². The largest absolute Gasteiger partial charge is 0.355 e. The first kappa shape index (κ1) is 16.3. The van der Waals surface area contributed by atoms with E-state index in [9.17, 15) is 4.79 Å². The van der Waals surface area contributed by atoms with Gasteiger partial charge in [-0.1, -0.05) is 41.6 Å². The quantitative estimate of drug-likeness (QED) is 0.473. The summed E-state index contributed by atoms with van der Waals surface area (Å²) in [5, 5.41) is 7.10. The summed E-state index contributed by atoms with van der Waals surface area (Å²) in [5.74, 6) is 0.782. The molecular formula is C22H18N2O2S. The van der Waals surface area contributed by atoms with E-state index in [4.69, 9.17) is 4.52 Å². The minimum Gasteiger partial charge on any atom is -0.355 e. The van der Waals surface area contributed by atoms with Gasteiger partial charge in [-0.05, 0) is 42.5 Å². The number of fused-ring (bicyclic) bond motifs is 1. The molecule has 2 aromatic carbocycles. The van der Waals surface area contributed by atoms with Crippen molar-refractivity contribution in [3.8, 4) is 11.3 Å². The maximum absolute atomic E-state index is 13.2. The number of aromatic nitrogens is 1. The van der Waals surface area contributed by atoms with Crippen LogP contribution in [-0.2, 0) is 0 Å². The molecule has 1 aliphatic rings. The Kier molecular flexibility index (Phi) is 4.02. The molecule has 0 spiro atoms. The highest BCUT2D eigenvalue weighted by Crippen LogP contribution is 2.36. The average Bonchev–Trinajstić information content (AvgIpc) is 3.47. The molecule has 0 aliphatic carbocycles. The van der Waals surface area contributed by atoms with Crippen LogP contribution in [0.4, 0.5) is 0 Å². The number of likely N-dealkylation sites (tertiary alicyclic amines) is 1. The Hall–Kier alpha value is -2.92. The number of nitrogens with zero attached hydrogens (tertiary/aromatic N) is 2. The molecule has 0 saturated carbocycles. The fraction of sp³-hybridized carbons (Fsp3) is 0.182. The second-order valence-electron chi connectivity index (χ2n) is 6.78. The van der Waals surface area contributed by atoms with Crippen LogP contribution in [0.2, 0.25) is 0 Å². The van der Waals surface area contributed by atoms with Gasteiger partial charge >= 0.3 is 0 Å². The molecule has 3 heterocycles. The predicted octanol–water partition coefficient (Wildman–Crippen LogP) is 5.53. The second kappa shape index (κ2) is 6.67. The molecule has 4 nitrogen and oxygen atoms in total. The van der Waals surface area contributed by atoms with Gasteiger partial charge in [-0.25, -0.2) is 0 Å². The average molecular weight is 374 g/mol. The number of rotatable bonds is 3. The van der Waals surface area contributed by atoms with Crippen molar-refractivity contribution in [3.63, 3.8) is 0 Å². The van der Waals surface area contributed by atoms with Gasteiger partial charge in [0.25, 0.3) is 5.91 Å². The van der Waals surface area contributed by atoms with Gasteiger partial charge in [-0.15, -0.1) is 11.3 Å². The van der Waals surface area contributed by atoms with Crippen LogP contribution in [0.5, 0.6) is 0 Å². The molecule has 1 saturated heterocycles. The van der Waals surface area contributed by atoms with Crippen molar-refractivity contribution >= 4 is 28.1 Å². The van der Waals surface area contributed by atoms with Gasteiger partial charge in [0.1, 0.15) is 5.52 Å². The third-order valence-corrected chi connectivity index (χ3v) is 6.12. The number of carbonyl (C=O) groups excluding carboxylic acids is 1. The minimum atomic E-state index is 0.0769. The summed E-state index contributed by atoms with van der Waals surface area (Å²) in [6.07, 6.45) is 2.07. The number of thiophene rings is 1. The molecule has 0 radical (unpaired) electrons.